The van der Waals surface area contributed by atoms with Gasteiger partial charge in [-0.05, 0) is 67.6 Å². The first kappa shape index (κ1) is 23.3. The lowest BCUT2D eigenvalue weighted by molar-refractivity contribution is -0.116. The van der Waals surface area contributed by atoms with Gasteiger partial charge >= 0.3 is 0 Å². The molecule has 0 atom stereocenters. The number of rotatable bonds is 9. The number of carbonyl (C=O) groups excluding carboxylic acids is 2. The zero-order chi connectivity index (χ0) is 23.9. The summed E-state index contributed by atoms with van der Waals surface area (Å²) in [5.41, 5.74) is 2.89. The fourth-order valence-corrected chi connectivity index (χ4v) is 3.76. The third-order valence-corrected chi connectivity index (χ3v) is 5.48. The van der Waals surface area contributed by atoms with Gasteiger partial charge in [-0.25, -0.2) is 4.98 Å². The standard InChI is InChI=1S/C26H25ClN4O3/c1-2-34-21-13-11-20(12-14-21)29-25(32)17-31-23-6-4-3-5-22(23)30-24(31)15-16-28-26(33)18-7-9-19(27)10-8-18/h3-14H,2,15-17H2,1H3,(H,28,33)(H,29,32). The van der Waals surface area contributed by atoms with Crippen LogP contribution in [0.4, 0.5) is 5.69 Å². The van der Waals surface area contributed by atoms with Gasteiger partial charge in [0.1, 0.15) is 18.1 Å². The van der Waals surface area contributed by atoms with Crippen molar-refractivity contribution in [3.05, 3.63) is 89.2 Å². The first-order valence-corrected chi connectivity index (χ1v) is 11.4. The van der Waals surface area contributed by atoms with Crippen LogP contribution in [0.1, 0.15) is 23.1 Å². The van der Waals surface area contributed by atoms with Gasteiger partial charge in [0.2, 0.25) is 5.91 Å². The molecule has 0 bridgehead atoms. The molecule has 7 nitrogen and oxygen atoms in total. The maximum Gasteiger partial charge on any atom is 0.251 e. The fourth-order valence-electron chi connectivity index (χ4n) is 3.63. The van der Waals surface area contributed by atoms with Gasteiger partial charge in [0, 0.05) is 29.2 Å². The Morgan fingerprint density at radius 1 is 1.00 bits per heavy atom. The molecule has 8 heteroatoms. The molecule has 34 heavy (non-hydrogen) atoms. The number of ether oxygens (including phenoxy) is 1. The molecule has 0 radical (unpaired) electrons. The molecule has 4 rings (SSSR count). The van der Waals surface area contributed by atoms with Crippen LogP contribution in [0, 0.1) is 0 Å². The summed E-state index contributed by atoms with van der Waals surface area (Å²) in [6.45, 7) is 2.99. The van der Waals surface area contributed by atoms with Crippen molar-refractivity contribution in [2.45, 2.75) is 19.9 Å². The molecule has 0 unspecified atom stereocenters. The van der Waals surface area contributed by atoms with E-state index in [1.807, 2.05) is 60.0 Å². The van der Waals surface area contributed by atoms with Crippen LogP contribution < -0.4 is 15.4 Å². The summed E-state index contributed by atoms with van der Waals surface area (Å²) in [5.74, 6) is 1.12. The van der Waals surface area contributed by atoms with Crippen molar-refractivity contribution in [2.75, 3.05) is 18.5 Å². The Morgan fingerprint density at radius 2 is 1.74 bits per heavy atom. The number of carbonyl (C=O) groups is 2. The third kappa shape index (κ3) is 5.74. The number of hydrogen-bond acceptors (Lipinski definition) is 4. The zero-order valence-electron chi connectivity index (χ0n) is 18.8. The smallest absolute Gasteiger partial charge is 0.251 e. The van der Waals surface area contributed by atoms with Crippen LogP contribution in [0.5, 0.6) is 5.75 Å². The number of benzene rings is 3. The molecule has 3 aromatic carbocycles. The monoisotopic (exact) mass is 476 g/mol. The molecule has 2 N–H and O–H groups in total. The van der Waals surface area contributed by atoms with Crippen LogP contribution in [0.15, 0.2) is 72.8 Å². The molecule has 0 aliphatic carbocycles. The average Bonchev–Trinajstić information content (AvgIpc) is 3.18. The quantitative estimate of drug-likeness (QED) is 0.366. The molecule has 4 aromatic rings. The lowest BCUT2D eigenvalue weighted by Gasteiger charge is -2.11. The van der Waals surface area contributed by atoms with Crippen molar-refractivity contribution in [2.24, 2.45) is 0 Å². The van der Waals surface area contributed by atoms with Crippen molar-refractivity contribution >= 4 is 40.1 Å². The number of halogens is 1. The summed E-state index contributed by atoms with van der Waals surface area (Å²) in [4.78, 5) is 29.9. The molecule has 0 fully saturated rings. The molecule has 1 heterocycles. The molecule has 174 valence electrons. The van der Waals surface area contributed by atoms with Crippen LogP contribution in [0.3, 0.4) is 0 Å². The molecule has 0 aliphatic rings. The van der Waals surface area contributed by atoms with Crippen LogP contribution >= 0.6 is 11.6 Å². The first-order chi connectivity index (χ1) is 16.5. The van der Waals surface area contributed by atoms with Gasteiger partial charge in [-0.2, -0.15) is 0 Å². The molecule has 1 aromatic heterocycles. The van der Waals surface area contributed by atoms with E-state index in [1.165, 1.54) is 0 Å². The Balaban J connectivity index is 1.43. The van der Waals surface area contributed by atoms with Gasteiger partial charge in [0.25, 0.3) is 5.91 Å². The molecular formula is C26H25ClN4O3. The summed E-state index contributed by atoms with van der Waals surface area (Å²) in [5, 5.41) is 6.40. The number of aromatic nitrogens is 2. The van der Waals surface area contributed by atoms with Gasteiger partial charge in [0.15, 0.2) is 0 Å². The van der Waals surface area contributed by atoms with E-state index in [0.29, 0.717) is 35.8 Å². The van der Waals surface area contributed by atoms with Crippen molar-refractivity contribution in [3.8, 4) is 5.75 Å². The third-order valence-electron chi connectivity index (χ3n) is 5.22. The normalized spacial score (nSPS) is 10.8. The number of nitrogens with zero attached hydrogens (tertiary/aromatic N) is 2. The number of hydrogen-bond donors (Lipinski definition) is 2. The SMILES string of the molecule is CCOc1ccc(NC(=O)Cn2c(CCNC(=O)c3ccc(Cl)cc3)nc3ccccc32)cc1. The van der Waals surface area contributed by atoms with E-state index in [4.69, 9.17) is 16.3 Å². The van der Waals surface area contributed by atoms with E-state index in [2.05, 4.69) is 15.6 Å². The summed E-state index contributed by atoms with van der Waals surface area (Å²) in [6.07, 6.45) is 0.477. The highest BCUT2D eigenvalue weighted by Crippen LogP contribution is 2.18. The lowest BCUT2D eigenvalue weighted by atomic mass is 10.2. The number of fused-ring (bicyclic) bond motifs is 1. The minimum absolute atomic E-state index is 0.105. The van der Waals surface area contributed by atoms with Gasteiger partial charge in [-0.15, -0.1) is 0 Å². The summed E-state index contributed by atoms with van der Waals surface area (Å²) < 4.78 is 7.32. The summed E-state index contributed by atoms with van der Waals surface area (Å²) >= 11 is 5.89. The summed E-state index contributed by atoms with van der Waals surface area (Å²) in [7, 11) is 0. The fraction of sp³-hybridized carbons (Fsp3) is 0.192. The zero-order valence-corrected chi connectivity index (χ0v) is 19.5. The van der Waals surface area contributed by atoms with E-state index < -0.39 is 0 Å². The Hall–Kier alpha value is -3.84. The van der Waals surface area contributed by atoms with Gasteiger partial charge in [-0.3, -0.25) is 9.59 Å². The summed E-state index contributed by atoms with van der Waals surface area (Å²) in [6, 6.07) is 21.6. The van der Waals surface area contributed by atoms with E-state index in [1.54, 1.807) is 24.3 Å². The first-order valence-electron chi connectivity index (χ1n) is 11.0. The van der Waals surface area contributed by atoms with E-state index >= 15 is 0 Å². The van der Waals surface area contributed by atoms with E-state index in [0.717, 1.165) is 22.6 Å². The number of imidazole rings is 1. The second-order valence-corrected chi connectivity index (χ2v) is 8.06. The molecule has 0 aliphatic heterocycles. The maximum absolute atomic E-state index is 12.8. The molecule has 0 saturated carbocycles. The van der Waals surface area contributed by atoms with Gasteiger partial charge in [-0.1, -0.05) is 23.7 Å². The molecule has 2 amide bonds. The Morgan fingerprint density at radius 3 is 2.47 bits per heavy atom. The number of nitrogens with one attached hydrogen (secondary N) is 2. The van der Waals surface area contributed by atoms with E-state index in [-0.39, 0.29) is 18.4 Å². The second kappa shape index (κ2) is 10.9. The van der Waals surface area contributed by atoms with Gasteiger partial charge < -0.3 is 19.9 Å². The van der Waals surface area contributed by atoms with E-state index in [9.17, 15) is 9.59 Å². The van der Waals surface area contributed by atoms with Crippen LogP contribution in [-0.4, -0.2) is 34.5 Å². The number of amides is 2. The highest BCUT2D eigenvalue weighted by Gasteiger charge is 2.14. The van der Waals surface area contributed by atoms with Crippen LogP contribution in [-0.2, 0) is 17.8 Å². The second-order valence-electron chi connectivity index (χ2n) is 7.62. The molecule has 0 saturated heterocycles. The Bertz CT molecular complexity index is 1280. The maximum atomic E-state index is 12.8. The van der Waals surface area contributed by atoms with Gasteiger partial charge in [0.05, 0.1) is 17.6 Å². The highest BCUT2D eigenvalue weighted by atomic mass is 35.5. The van der Waals surface area contributed by atoms with Crippen LogP contribution in [0.2, 0.25) is 5.02 Å². The predicted octanol–water partition coefficient (Wildman–Crippen LogP) is 4.70. The van der Waals surface area contributed by atoms with Crippen molar-refractivity contribution in [3.63, 3.8) is 0 Å². The predicted molar refractivity (Wildman–Crippen MR) is 133 cm³/mol. The minimum atomic E-state index is -0.187. The van der Waals surface area contributed by atoms with Crippen LogP contribution in [0.25, 0.3) is 11.0 Å². The number of para-hydroxylation sites is 2. The highest BCUT2D eigenvalue weighted by molar-refractivity contribution is 6.30. The Kier molecular flexibility index (Phi) is 7.44. The lowest BCUT2D eigenvalue weighted by Crippen LogP contribution is -2.27. The Labute approximate surface area is 202 Å². The minimum Gasteiger partial charge on any atom is -0.494 e. The average molecular weight is 477 g/mol. The van der Waals surface area contributed by atoms with Crippen molar-refractivity contribution in [1.82, 2.24) is 14.9 Å². The largest absolute Gasteiger partial charge is 0.494 e. The molecular weight excluding hydrogens is 452 g/mol. The van der Waals surface area contributed by atoms with Crippen molar-refractivity contribution < 1.29 is 14.3 Å². The number of anilines is 1. The molecule has 0 spiro atoms. The van der Waals surface area contributed by atoms with Crippen molar-refractivity contribution in [1.29, 1.82) is 0 Å². The topological polar surface area (TPSA) is 85.2 Å².